The molecule has 0 aliphatic carbocycles. The van der Waals surface area contributed by atoms with E-state index in [4.69, 9.17) is 5.73 Å². The number of thiophene rings is 1. The predicted octanol–water partition coefficient (Wildman–Crippen LogP) is 2.10. The lowest BCUT2D eigenvalue weighted by molar-refractivity contribution is -0.118. The number of hydrogen-bond acceptors (Lipinski definition) is 3. The Balaban J connectivity index is 2.92. The highest BCUT2D eigenvalue weighted by atomic mass is 79.9. The van der Waals surface area contributed by atoms with Crippen molar-refractivity contribution in [3.05, 3.63) is 20.8 Å². The largest absolute Gasteiger partial charge is 0.318 e. The van der Waals surface area contributed by atoms with Gasteiger partial charge in [-0.05, 0) is 28.2 Å². The maximum absolute atomic E-state index is 10.9. The maximum Gasteiger partial charge on any atom is 0.151 e. The third kappa shape index (κ3) is 1.89. The number of halogens is 1. The number of ketones is 1. The molecule has 0 fully saturated rings. The molecule has 1 atom stereocenters. The van der Waals surface area contributed by atoms with Crippen LogP contribution in [0.4, 0.5) is 0 Å². The average molecular weight is 234 g/mol. The van der Waals surface area contributed by atoms with Gasteiger partial charge in [-0.1, -0.05) is 0 Å². The van der Waals surface area contributed by atoms with E-state index >= 15 is 0 Å². The van der Waals surface area contributed by atoms with Gasteiger partial charge < -0.3 is 5.73 Å². The zero-order valence-electron chi connectivity index (χ0n) is 6.00. The Hall–Kier alpha value is -0.190. The molecule has 0 saturated carbocycles. The molecule has 0 spiro atoms. The summed E-state index contributed by atoms with van der Waals surface area (Å²) in [6.07, 6.45) is 0. The Bertz CT molecular complexity index is 271. The van der Waals surface area contributed by atoms with Crippen molar-refractivity contribution >= 4 is 33.0 Å². The van der Waals surface area contributed by atoms with E-state index in [0.29, 0.717) is 0 Å². The fourth-order valence-corrected chi connectivity index (χ4v) is 2.31. The molecule has 0 aromatic carbocycles. The van der Waals surface area contributed by atoms with E-state index < -0.39 is 6.04 Å². The van der Waals surface area contributed by atoms with Crippen LogP contribution in [0.25, 0.3) is 0 Å². The lowest BCUT2D eigenvalue weighted by atomic mass is 10.1. The Morgan fingerprint density at radius 3 is 2.73 bits per heavy atom. The minimum atomic E-state index is -0.476. The first kappa shape index (κ1) is 8.90. The molecule has 0 bridgehead atoms. The molecule has 2 N–H and O–H groups in total. The van der Waals surface area contributed by atoms with Gasteiger partial charge in [0, 0.05) is 15.4 Å². The molecule has 1 unspecified atom stereocenters. The average Bonchev–Trinajstić information content (AvgIpc) is 2.33. The number of rotatable bonds is 2. The van der Waals surface area contributed by atoms with Crippen molar-refractivity contribution in [3.8, 4) is 0 Å². The quantitative estimate of drug-likeness (QED) is 0.851. The molecule has 0 radical (unpaired) electrons. The first-order valence-corrected chi connectivity index (χ1v) is 4.84. The van der Waals surface area contributed by atoms with Gasteiger partial charge in [0.1, 0.15) is 0 Å². The van der Waals surface area contributed by atoms with Crippen LogP contribution in [0.5, 0.6) is 0 Å². The minimum absolute atomic E-state index is 0.0101. The second-order valence-corrected chi connectivity index (χ2v) is 3.86. The fraction of sp³-hybridized carbons (Fsp3) is 0.286. The van der Waals surface area contributed by atoms with Crippen molar-refractivity contribution in [1.82, 2.24) is 0 Å². The van der Waals surface area contributed by atoms with Crippen molar-refractivity contribution in [2.75, 3.05) is 0 Å². The second-order valence-electron chi connectivity index (χ2n) is 2.26. The van der Waals surface area contributed by atoms with Crippen LogP contribution < -0.4 is 5.73 Å². The summed E-state index contributed by atoms with van der Waals surface area (Å²) in [7, 11) is 0. The molecule has 60 valence electrons. The van der Waals surface area contributed by atoms with Crippen molar-refractivity contribution in [2.24, 2.45) is 5.73 Å². The topological polar surface area (TPSA) is 43.1 Å². The highest BCUT2D eigenvalue weighted by Crippen LogP contribution is 2.26. The zero-order valence-corrected chi connectivity index (χ0v) is 8.41. The van der Waals surface area contributed by atoms with Gasteiger partial charge in [0.2, 0.25) is 0 Å². The van der Waals surface area contributed by atoms with E-state index in [9.17, 15) is 4.79 Å². The van der Waals surface area contributed by atoms with E-state index in [1.165, 1.54) is 18.3 Å². The summed E-state index contributed by atoms with van der Waals surface area (Å²) in [6, 6.07) is -0.476. The molecule has 11 heavy (non-hydrogen) atoms. The number of carbonyl (C=O) groups excluding carboxylic acids is 1. The van der Waals surface area contributed by atoms with Crippen molar-refractivity contribution < 1.29 is 4.79 Å². The summed E-state index contributed by atoms with van der Waals surface area (Å²) in [5, 5.41) is 3.80. The van der Waals surface area contributed by atoms with Gasteiger partial charge in [-0.3, -0.25) is 4.79 Å². The molecule has 0 aliphatic rings. The predicted molar refractivity (Wildman–Crippen MR) is 49.6 cm³/mol. The molecule has 0 amide bonds. The summed E-state index contributed by atoms with van der Waals surface area (Å²) in [6.45, 7) is 1.49. The Morgan fingerprint density at radius 1 is 1.73 bits per heavy atom. The van der Waals surface area contributed by atoms with Crippen LogP contribution >= 0.6 is 27.3 Å². The highest BCUT2D eigenvalue weighted by molar-refractivity contribution is 9.10. The molecular formula is C7H8BrNOS. The standard InChI is InChI=1S/C7H8BrNOS/c1-4(10)7(9)5-2-11-3-6(5)8/h2-3,7H,9H2,1H3. The minimum Gasteiger partial charge on any atom is -0.318 e. The Labute approximate surface area is 77.5 Å². The molecule has 0 saturated heterocycles. The van der Waals surface area contributed by atoms with Crippen LogP contribution in [0.3, 0.4) is 0 Å². The van der Waals surface area contributed by atoms with Gasteiger partial charge in [-0.25, -0.2) is 0 Å². The van der Waals surface area contributed by atoms with Gasteiger partial charge >= 0.3 is 0 Å². The van der Waals surface area contributed by atoms with Crippen LogP contribution in [0, 0.1) is 0 Å². The molecule has 1 rings (SSSR count). The van der Waals surface area contributed by atoms with Gasteiger partial charge in [0.15, 0.2) is 5.78 Å². The summed E-state index contributed by atoms with van der Waals surface area (Å²) in [5.41, 5.74) is 6.49. The summed E-state index contributed by atoms with van der Waals surface area (Å²) < 4.78 is 0.921. The third-order valence-electron chi connectivity index (χ3n) is 1.42. The van der Waals surface area contributed by atoms with Crippen LogP contribution in [0.2, 0.25) is 0 Å². The number of nitrogens with two attached hydrogens (primary N) is 1. The smallest absolute Gasteiger partial charge is 0.151 e. The van der Waals surface area contributed by atoms with Crippen molar-refractivity contribution in [2.45, 2.75) is 13.0 Å². The van der Waals surface area contributed by atoms with Crippen molar-refractivity contribution in [1.29, 1.82) is 0 Å². The SMILES string of the molecule is CC(=O)C(N)c1cscc1Br. The zero-order chi connectivity index (χ0) is 8.43. The molecule has 1 heterocycles. The molecule has 2 nitrogen and oxygen atoms in total. The van der Waals surface area contributed by atoms with Gasteiger partial charge in [0.25, 0.3) is 0 Å². The van der Waals surface area contributed by atoms with E-state index in [1.807, 2.05) is 10.8 Å². The third-order valence-corrected chi connectivity index (χ3v) is 3.17. The molecule has 0 aliphatic heterocycles. The van der Waals surface area contributed by atoms with Crippen molar-refractivity contribution in [3.63, 3.8) is 0 Å². The molecular weight excluding hydrogens is 226 g/mol. The number of carbonyl (C=O) groups is 1. The molecule has 1 aromatic rings. The Kier molecular flexibility index (Phi) is 2.81. The first-order chi connectivity index (χ1) is 5.13. The van der Waals surface area contributed by atoms with Gasteiger partial charge in [0.05, 0.1) is 6.04 Å². The first-order valence-electron chi connectivity index (χ1n) is 3.10. The van der Waals surface area contributed by atoms with E-state index in [-0.39, 0.29) is 5.78 Å². The molecule has 4 heteroatoms. The van der Waals surface area contributed by atoms with Crippen LogP contribution in [0.1, 0.15) is 18.5 Å². The lowest BCUT2D eigenvalue weighted by Gasteiger charge is -2.04. The van der Waals surface area contributed by atoms with Gasteiger partial charge in [-0.15, -0.1) is 0 Å². The number of Topliss-reactive ketones (excluding diaryl/α,β-unsaturated/α-hetero) is 1. The second kappa shape index (κ2) is 3.47. The van der Waals surface area contributed by atoms with Gasteiger partial charge in [-0.2, -0.15) is 11.3 Å². The van der Waals surface area contributed by atoms with E-state index in [0.717, 1.165) is 10.0 Å². The highest BCUT2D eigenvalue weighted by Gasteiger charge is 2.14. The Morgan fingerprint density at radius 2 is 2.36 bits per heavy atom. The fourth-order valence-electron chi connectivity index (χ4n) is 0.732. The summed E-state index contributed by atoms with van der Waals surface area (Å²) >= 11 is 4.85. The number of hydrogen-bond donors (Lipinski definition) is 1. The normalized spacial score (nSPS) is 13.0. The van der Waals surface area contributed by atoms with Crippen LogP contribution in [-0.4, -0.2) is 5.78 Å². The monoisotopic (exact) mass is 233 g/mol. The van der Waals surface area contributed by atoms with Crippen LogP contribution in [-0.2, 0) is 4.79 Å². The maximum atomic E-state index is 10.9. The molecule has 1 aromatic heterocycles. The van der Waals surface area contributed by atoms with Crippen LogP contribution in [0.15, 0.2) is 15.2 Å². The summed E-state index contributed by atoms with van der Waals surface area (Å²) in [4.78, 5) is 10.9. The van der Waals surface area contributed by atoms with E-state index in [1.54, 1.807) is 0 Å². The lowest BCUT2D eigenvalue weighted by Crippen LogP contribution is -2.17. The van der Waals surface area contributed by atoms with E-state index in [2.05, 4.69) is 15.9 Å². The summed E-state index contributed by atoms with van der Waals surface area (Å²) in [5.74, 6) is -0.0101.